The summed E-state index contributed by atoms with van der Waals surface area (Å²) in [6, 6.07) is 2.73. The molecule has 0 spiro atoms. The van der Waals surface area contributed by atoms with Gasteiger partial charge in [0.2, 0.25) is 0 Å². The van der Waals surface area contributed by atoms with Crippen molar-refractivity contribution in [2.24, 2.45) is 0 Å². The van der Waals surface area contributed by atoms with Gasteiger partial charge in [-0.3, -0.25) is 14.9 Å². The van der Waals surface area contributed by atoms with E-state index in [1.54, 1.807) is 6.20 Å². The molecule has 1 rings (SSSR count). The van der Waals surface area contributed by atoms with Crippen LogP contribution in [-0.2, 0) is 6.54 Å². The molecule has 0 bridgehead atoms. The summed E-state index contributed by atoms with van der Waals surface area (Å²) in [5.74, 6) is 0. The summed E-state index contributed by atoms with van der Waals surface area (Å²) >= 11 is 0. The van der Waals surface area contributed by atoms with Crippen molar-refractivity contribution in [3.8, 4) is 0 Å². The van der Waals surface area contributed by atoms with Crippen LogP contribution in [0, 0.1) is 10.1 Å². The third kappa shape index (κ3) is 1.93. The molecule has 1 aromatic rings. The molecule has 70 valence electrons. The van der Waals surface area contributed by atoms with Gasteiger partial charge in [0.15, 0.2) is 0 Å². The van der Waals surface area contributed by atoms with Crippen LogP contribution < -0.4 is 5.56 Å². The summed E-state index contributed by atoms with van der Waals surface area (Å²) in [7, 11) is 0. The van der Waals surface area contributed by atoms with Crippen LogP contribution in [0.4, 0.5) is 5.69 Å². The Labute approximate surface area is 74.8 Å². The van der Waals surface area contributed by atoms with Crippen LogP contribution in [0.5, 0.6) is 0 Å². The Hall–Kier alpha value is -1.65. The van der Waals surface area contributed by atoms with E-state index in [0.29, 0.717) is 6.54 Å². The summed E-state index contributed by atoms with van der Waals surface area (Å²) < 4.78 is 1.35. The smallest absolute Gasteiger partial charge is 0.310 e. The van der Waals surface area contributed by atoms with Gasteiger partial charge in [-0.1, -0.05) is 6.92 Å². The van der Waals surface area contributed by atoms with Crippen molar-refractivity contribution in [1.29, 1.82) is 0 Å². The third-order valence-electron chi connectivity index (χ3n) is 1.66. The largest absolute Gasteiger partial charge is 0.334 e. The van der Waals surface area contributed by atoms with Crippen molar-refractivity contribution in [2.75, 3.05) is 0 Å². The average Bonchev–Trinajstić information content (AvgIpc) is 2.08. The zero-order chi connectivity index (χ0) is 9.84. The number of nitrogens with zero attached hydrogens (tertiary/aromatic N) is 2. The van der Waals surface area contributed by atoms with E-state index in [9.17, 15) is 14.9 Å². The van der Waals surface area contributed by atoms with E-state index in [0.717, 1.165) is 6.42 Å². The second-order valence-electron chi connectivity index (χ2n) is 2.65. The number of aryl methyl sites for hydroxylation is 1. The van der Waals surface area contributed by atoms with Crippen LogP contribution >= 0.6 is 0 Å². The number of rotatable bonds is 3. The highest BCUT2D eigenvalue weighted by atomic mass is 16.6. The van der Waals surface area contributed by atoms with Crippen LogP contribution in [0.3, 0.4) is 0 Å². The summed E-state index contributed by atoms with van der Waals surface area (Å²) in [5.41, 5.74) is -0.898. The van der Waals surface area contributed by atoms with E-state index in [4.69, 9.17) is 0 Å². The zero-order valence-electron chi connectivity index (χ0n) is 7.27. The van der Waals surface area contributed by atoms with Gasteiger partial charge in [-0.15, -0.1) is 0 Å². The molecule has 0 saturated carbocycles. The van der Waals surface area contributed by atoms with Gasteiger partial charge in [-0.25, -0.2) is 0 Å². The van der Waals surface area contributed by atoms with Gasteiger partial charge in [0.05, 0.1) is 4.92 Å². The average molecular weight is 182 g/mol. The first-order chi connectivity index (χ1) is 6.16. The second kappa shape index (κ2) is 3.84. The van der Waals surface area contributed by atoms with Gasteiger partial charge < -0.3 is 4.57 Å². The number of hydrogen-bond acceptors (Lipinski definition) is 3. The van der Waals surface area contributed by atoms with Crippen molar-refractivity contribution < 1.29 is 4.92 Å². The highest BCUT2D eigenvalue weighted by Gasteiger charge is 2.12. The molecule has 0 N–H and O–H groups in total. The molecule has 5 heteroatoms. The predicted octanol–water partition coefficient (Wildman–Crippen LogP) is 1.17. The number of nitro groups is 1. The quantitative estimate of drug-likeness (QED) is 0.520. The normalized spacial score (nSPS) is 9.92. The fourth-order valence-electron chi connectivity index (χ4n) is 1.08. The monoisotopic (exact) mass is 182 g/mol. The van der Waals surface area contributed by atoms with Gasteiger partial charge in [-0.05, 0) is 12.5 Å². The molecule has 0 aliphatic carbocycles. The van der Waals surface area contributed by atoms with Crippen molar-refractivity contribution >= 4 is 5.69 Å². The summed E-state index contributed by atoms with van der Waals surface area (Å²) in [6.07, 6.45) is 2.33. The molecule has 1 aromatic heterocycles. The lowest BCUT2D eigenvalue weighted by atomic mass is 10.4. The van der Waals surface area contributed by atoms with Crippen LogP contribution in [0.1, 0.15) is 13.3 Å². The maximum Gasteiger partial charge on any atom is 0.334 e. The molecular formula is C8H10N2O3. The Morgan fingerprint density at radius 3 is 2.85 bits per heavy atom. The van der Waals surface area contributed by atoms with E-state index in [-0.39, 0.29) is 5.69 Å². The van der Waals surface area contributed by atoms with E-state index < -0.39 is 10.5 Å². The summed E-state index contributed by atoms with van der Waals surface area (Å²) in [4.78, 5) is 21.0. The van der Waals surface area contributed by atoms with E-state index in [1.165, 1.54) is 16.7 Å². The number of aromatic nitrogens is 1. The molecule has 0 unspecified atom stereocenters. The zero-order valence-corrected chi connectivity index (χ0v) is 7.27. The molecule has 0 aliphatic heterocycles. The molecule has 13 heavy (non-hydrogen) atoms. The SMILES string of the molecule is CCCn1cccc([N+](=O)[O-])c1=O. The number of hydrogen-bond donors (Lipinski definition) is 0. The van der Waals surface area contributed by atoms with Crippen molar-refractivity contribution in [1.82, 2.24) is 4.57 Å². The highest BCUT2D eigenvalue weighted by Crippen LogP contribution is 2.01. The fourth-order valence-corrected chi connectivity index (χ4v) is 1.08. The Kier molecular flexibility index (Phi) is 2.79. The Balaban J connectivity index is 3.19. The predicted molar refractivity (Wildman–Crippen MR) is 47.6 cm³/mol. The molecule has 1 heterocycles. The lowest BCUT2D eigenvalue weighted by Gasteiger charge is -2.01. The lowest BCUT2D eigenvalue weighted by Crippen LogP contribution is -2.21. The van der Waals surface area contributed by atoms with Gasteiger partial charge in [0, 0.05) is 18.8 Å². The minimum Gasteiger partial charge on any atom is -0.310 e. The second-order valence-corrected chi connectivity index (χ2v) is 2.65. The minimum absolute atomic E-state index is 0.365. The van der Waals surface area contributed by atoms with Crippen molar-refractivity contribution in [3.63, 3.8) is 0 Å². The Morgan fingerprint density at radius 2 is 2.31 bits per heavy atom. The Morgan fingerprint density at radius 1 is 1.62 bits per heavy atom. The van der Waals surface area contributed by atoms with Gasteiger partial charge in [0.1, 0.15) is 0 Å². The molecule has 0 atom stereocenters. The molecule has 5 nitrogen and oxygen atoms in total. The minimum atomic E-state index is -0.658. The molecule has 0 aliphatic rings. The molecular weight excluding hydrogens is 172 g/mol. The third-order valence-corrected chi connectivity index (χ3v) is 1.66. The molecule has 0 radical (unpaired) electrons. The topological polar surface area (TPSA) is 65.1 Å². The first kappa shape index (κ1) is 9.44. The lowest BCUT2D eigenvalue weighted by molar-refractivity contribution is -0.386. The van der Waals surface area contributed by atoms with E-state index in [2.05, 4.69) is 0 Å². The van der Waals surface area contributed by atoms with Crippen LogP contribution in [-0.4, -0.2) is 9.49 Å². The first-order valence-corrected chi connectivity index (χ1v) is 4.00. The molecule has 0 amide bonds. The highest BCUT2D eigenvalue weighted by molar-refractivity contribution is 5.24. The van der Waals surface area contributed by atoms with Gasteiger partial charge in [0.25, 0.3) is 0 Å². The van der Waals surface area contributed by atoms with Gasteiger partial charge >= 0.3 is 11.2 Å². The van der Waals surface area contributed by atoms with Crippen LogP contribution in [0.25, 0.3) is 0 Å². The van der Waals surface area contributed by atoms with Crippen molar-refractivity contribution in [3.05, 3.63) is 38.8 Å². The summed E-state index contributed by atoms with van der Waals surface area (Å²) in [5, 5.41) is 10.4. The van der Waals surface area contributed by atoms with Crippen molar-refractivity contribution in [2.45, 2.75) is 19.9 Å². The maximum atomic E-state index is 11.3. The van der Waals surface area contributed by atoms with Gasteiger partial charge in [-0.2, -0.15) is 0 Å². The number of pyridine rings is 1. The standard InChI is InChI=1S/C8H10N2O3/c1-2-5-9-6-3-4-7(8(9)11)10(12)13/h3-4,6H,2,5H2,1H3. The van der Waals surface area contributed by atoms with Crippen LogP contribution in [0.15, 0.2) is 23.1 Å². The van der Waals surface area contributed by atoms with E-state index in [1.807, 2.05) is 6.92 Å². The molecule has 0 saturated heterocycles. The molecule has 0 fully saturated rings. The first-order valence-electron chi connectivity index (χ1n) is 4.00. The van der Waals surface area contributed by atoms with Crippen LogP contribution in [0.2, 0.25) is 0 Å². The Bertz CT molecular complexity index is 370. The fraction of sp³-hybridized carbons (Fsp3) is 0.375. The molecule has 0 aromatic carbocycles. The summed E-state index contributed by atoms with van der Waals surface area (Å²) in [6.45, 7) is 2.42. The maximum absolute atomic E-state index is 11.3. The van der Waals surface area contributed by atoms with E-state index >= 15 is 0 Å².